The van der Waals surface area contributed by atoms with Crippen molar-refractivity contribution in [3.63, 3.8) is 0 Å². The van der Waals surface area contributed by atoms with Crippen molar-refractivity contribution in [3.05, 3.63) is 0 Å². The Balaban J connectivity index is 2.44. The fourth-order valence-electron chi connectivity index (χ4n) is 2.10. The second-order valence-electron chi connectivity index (χ2n) is 7.09. The van der Waals surface area contributed by atoms with Crippen LogP contribution in [-0.2, 0) is 14.0 Å². The van der Waals surface area contributed by atoms with Crippen molar-refractivity contribution in [2.45, 2.75) is 89.8 Å². The lowest BCUT2D eigenvalue weighted by molar-refractivity contribution is -0.155. The van der Waals surface area contributed by atoms with E-state index in [1.54, 1.807) is 0 Å². The van der Waals surface area contributed by atoms with Crippen LogP contribution in [0, 0.1) is 0 Å². The monoisotopic (exact) mass is 286 g/mol. The maximum Gasteiger partial charge on any atom is 0.195 e. The maximum atomic E-state index is 10.3. The molecule has 1 saturated heterocycles. The Kier molecular flexibility index (Phi) is 6.21. The van der Waals surface area contributed by atoms with Gasteiger partial charge in [-0.3, -0.25) is 0 Å². The number of carbonyl (C=O) groups is 1. The zero-order chi connectivity index (χ0) is 14.5. The molecule has 0 aliphatic carbocycles. The van der Waals surface area contributed by atoms with Crippen molar-refractivity contribution in [3.8, 4) is 0 Å². The van der Waals surface area contributed by atoms with E-state index in [1.165, 1.54) is 6.42 Å². The third-order valence-electron chi connectivity index (χ3n) is 4.39. The van der Waals surface area contributed by atoms with E-state index < -0.39 is 8.32 Å². The molecule has 0 saturated carbocycles. The van der Waals surface area contributed by atoms with Crippen molar-refractivity contribution in [2.24, 2.45) is 0 Å². The van der Waals surface area contributed by atoms with Gasteiger partial charge in [0.1, 0.15) is 12.6 Å². The van der Waals surface area contributed by atoms with Crippen molar-refractivity contribution in [1.29, 1.82) is 0 Å². The lowest BCUT2D eigenvalue weighted by Gasteiger charge is -2.41. The summed E-state index contributed by atoms with van der Waals surface area (Å²) in [5.41, 5.74) is 0. The third kappa shape index (κ3) is 5.36. The largest absolute Gasteiger partial charge is 0.392 e. The van der Waals surface area contributed by atoms with Gasteiger partial charge in [-0.1, -0.05) is 20.8 Å². The molecule has 1 heterocycles. The van der Waals surface area contributed by atoms with E-state index in [1.807, 2.05) is 0 Å². The van der Waals surface area contributed by atoms with Gasteiger partial charge >= 0.3 is 0 Å². The quantitative estimate of drug-likeness (QED) is 0.415. The van der Waals surface area contributed by atoms with E-state index >= 15 is 0 Å². The van der Waals surface area contributed by atoms with E-state index in [0.29, 0.717) is 6.42 Å². The lowest BCUT2D eigenvalue weighted by atomic mass is 10.0. The van der Waals surface area contributed by atoms with Gasteiger partial charge in [-0.25, -0.2) is 0 Å². The molecular formula is C15H30O3Si. The Morgan fingerprint density at radius 2 is 2.00 bits per heavy atom. The van der Waals surface area contributed by atoms with E-state index in [-0.39, 0.29) is 17.4 Å². The molecule has 2 unspecified atom stereocenters. The van der Waals surface area contributed by atoms with Crippen LogP contribution in [0.2, 0.25) is 18.1 Å². The average molecular weight is 286 g/mol. The number of aldehydes is 1. The number of rotatable bonds is 6. The Hall–Kier alpha value is -0.193. The van der Waals surface area contributed by atoms with E-state index in [2.05, 4.69) is 33.9 Å². The summed E-state index contributed by atoms with van der Waals surface area (Å²) in [5, 5.41) is 0.223. The van der Waals surface area contributed by atoms with Crippen LogP contribution in [0.3, 0.4) is 0 Å². The van der Waals surface area contributed by atoms with E-state index in [9.17, 15) is 4.79 Å². The highest BCUT2D eigenvalue weighted by atomic mass is 28.4. The second kappa shape index (κ2) is 7.00. The molecule has 19 heavy (non-hydrogen) atoms. The van der Waals surface area contributed by atoms with E-state index in [4.69, 9.17) is 9.16 Å². The zero-order valence-electron chi connectivity index (χ0n) is 13.2. The minimum atomic E-state index is -1.74. The molecular weight excluding hydrogens is 256 g/mol. The molecule has 0 N–H and O–H groups in total. The summed E-state index contributed by atoms with van der Waals surface area (Å²) in [6.45, 7) is 11.3. The predicted octanol–water partition coefficient (Wildman–Crippen LogP) is 4.27. The molecule has 1 rings (SSSR count). The fourth-order valence-corrected chi connectivity index (χ4v) is 3.28. The lowest BCUT2D eigenvalue weighted by Crippen LogP contribution is -2.46. The van der Waals surface area contributed by atoms with Crippen molar-refractivity contribution in [1.82, 2.24) is 0 Å². The van der Waals surface area contributed by atoms with Gasteiger partial charge < -0.3 is 14.0 Å². The number of unbranched alkanes of at least 4 members (excludes halogenated alkanes) is 1. The molecule has 4 heteroatoms. The molecule has 0 radical (unpaired) electrons. The molecule has 1 aliphatic rings. The number of ether oxygens (including phenoxy) is 1. The molecule has 112 valence electrons. The predicted molar refractivity (Wildman–Crippen MR) is 80.7 cm³/mol. The molecule has 0 bridgehead atoms. The molecule has 1 fully saturated rings. The SMILES string of the molecule is CC(C)(C)[Si](C)(C)OC1CCCC(CCCC=O)O1. The number of carbonyl (C=O) groups excluding carboxylic acids is 1. The van der Waals surface area contributed by atoms with Crippen LogP contribution >= 0.6 is 0 Å². The van der Waals surface area contributed by atoms with Gasteiger partial charge in [0, 0.05) is 6.42 Å². The van der Waals surface area contributed by atoms with Crippen LogP contribution in [0.15, 0.2) is 0 Å². The van der Waals surface area contributed by atoms with E-state index in [0.717, 1.165) is 32.0 Å². The first kappa shape index (κ1) is 16.9. The van der Waals surface area contributed by atoms with Gasteiger partial charge in [0.2, 0.25) is 0 Å². The molecule has 2 atom stereocenters. The van der Waals surface area contributed by atoms with Crippen LogP contribution in [0.1, 0.15) is 59.3 Å². The summed E-state index contributed by atoms with van der Waals surface area (Å²) in [4.78, 5) is 10.3. The molecule has 0 aromatic heterocycles. The van der Waals surface area contributed by atoms with Crippen LogP contribution in [-0.4, -0.2) is 27.0 Å². The molecule has 0 aromatic rings. The zero-order valence-corrected chi connectivity index (χ0v) is 14.2. The van der Waals surface area contributed by atoms with Gasteiger partial charge in [-0.2, -0.15) is 0 Å². The van der Waals surface area contributed by atoms with Gasteiger partial charge in [0.25, 0.3) is 0 Å². The Morgan fingerprint density at radius 3 is 2.58 bits per heavy atom. The van der Waals surface area contributed by atoms with Gasteiger partial charge in [0.05, 0.1) is 6.10 Å². The Labute approximate surface area is 119 Å². The summed E-state index contributed by atoms with van der Waals surface area (Å²) in [7, 11) is -1.74. The summed E-state index contributed by atoms with van der Waals surface area (Å²) in [5.74, 6) is 0. The summed E-state index contributed by atoms with van der Waals surface area (Å²) >= 11 is 0. The third-order valence-corrected chi connectivity index (χ3v) is 8.86. The number of hydrogen-bond acceptors (Lipinski definition) is 3. The molecule has 1 aliphatic heterocycles. The molecule has 0 aromatic carbocycles. The van der Waals surface area contributed by atoms with Crippen LogP contribution < -0.4 is 0 Å². The molecule has 0 spiro atoms. The fraction of sp³-hybridized carbons (Fsp3) is 0.933. The highest BCUT2D eigenvalue weighted by Crippen LogP contribution is 2.39. The number of hydrogen-bond donors (Lipinski definition) is 0. The topological polar surface area (TPSA) is 35.5 Å². The minimum absolute atomic E-state index is 0.0316. The second-order valence-corrected chi connectivity index (χ2v) is 11.9. The normalized spacial score (nSPS) is 25.3. The smallest absolute Gasteiger partial charge is 0.195 e. The molecule has 0 amide bonds. The van der Waals surface area contributed by atoms with Crippen LogP contribution in [0.4, 0.5) is 0 Å². The first-order chi connectivity index (χ1) is 8.76. The van der Waals surface area contributed by atoms with Gasteiger partial charge in [0.15, 0.2) is 8.32 Å². The minimum Gasteiger partial charge on any atom is -0.392 e. The molecule has 3 nitrogen and oxygen atoms in total. The summed E-state index contributed by atoms with van der Waals surface area (Å²) < 4.78 is 12.4. The standard InChI is InChI=1S/C15H30O3Si/c1-15(2,3)19(4,5)18-14-11-8-10-13(17-14)9-6-7-12-16/h12-14H,6-11H2,1-5H3. The van der Waals surface area contributed by atoms with Crippen molar-refractivity contribution >= 4 is 14.6 Å². The Bertz CT molecular complexity index is 284. The highest BCUT2D eigenvalue weighted by Gasteiger charge is 2.40. The van der Waals surface area contributed by atoms with Gasteiger partial charge in [-0.05, 0) is 50.2 Å². The average Bonchev–Trinajstić information content (AvgIpc) is 2.27. The first-order valence-corrected chi connectivity index (χ1v) is 10.4. The maximum absolute atomic E-state index is 10.3. The van der Waals surface area contributed by atoms with Crippen molar-refractivity contribution in [2.75, 3.05) is 0 Å². The first-order valence-electron chi connectivity index (χ1n) is 7.53. The summed E-state index contributed by atoms with van der Waals surface area (Å²) in [6.07, 6.45) is 7.09. The van der Waals surface area contributed by atoms with Gasteiger partial charge in [-0.15, -0.1) is 0 Å². The summed E-state index contributed by atoms with van der Waals surface area (Å²) in [6, 6.07) is 0. The Morgan fingerprint density at radius 1 is 1.32 bits per heavy atom. The van der Waals surface area contributed by atoms with Crippen molar-refractivity contribution < 1.29 is 14.0 Å². The van der Waals surface area contributed by atoms with Crippen LogP contribution in [0.25, 0.3) is 0 Å². The van der Waals surface area contributed by atoms with Crippen LogP contribution in [0.5, 0.6) is 0 Å². The highest BCUT2D eigenvalue weighted by molar-refractivity contribution is 6.74.